The van der Waals surface area contributed by atoms with Crippen LogP contribution in [0.15, 0.2) is 30.3 Å². The van der Waals surface area contributed by atoms with Crippen LogP contribution in [0, 0.1) is 5.41 Å². The number of likely N-dealkylation sites (tertiary alicyclic amines) is 1. The molecule has 1 heterocycles. The van der Waals surface area contributed by atoms with Gasteiger partial charge in [0.1, 0.15) is 0 Å². The first kappa shape index (κ1) is 18.9. The quantitative estimate of drug-likeness (QED) is 0.923. The fourth-order valence-electron chi connectivity index (χ4n) is 3.36. The smallest absolute Gasteiger partial charge is 0.237 e. The Kier molecular flexibility index (Phi) is 5.71. The number of hydrogen-bond acceptors (Lipinski definition) is 3. The molecule has 1 aromatic carbocycles. The van der Waals surface area contributed by atoms with Crippen LogP contribution in [0.4, 0.5) is 0 Å². The van der Waals surface area contributed by atoms with E-state index in [1.54, 1.807) is 0 Å². The Morgan fingerprint density at radius 2 is 1.92 bits per heavy atom. The van der Waals surface area contributed by atoms with Crippen LogP contribution < -0.4 is 5.73 Å². The molecular formula is C20H33N3O. The standard InChI is InChI=1S/C20H33N3O/c1-19(2,3)23(13-16-9-7-6-8-10-16)18(24)14-22-12-11-17(21)20(4,5)15-22/h6-10,17H,11-15,21H2,1-5H3. The fraction of sp³-hybridized carbons (Fsp3) is 0.650. The summed E-state index contributed by atoms with van der Waals surface area (Å²) >= 11 is 0. The summed E-state index contributed by atoms with van der Waals surface area (Å²) in [5, 5.41) is 0. The SMILES string of the molecule is CC1(C)CN(CC(=O)N(Cc2ccccc2)C(C)(C)C)CCC1N. The predicted octanol–water partition coefficient (Wildman–Crippen LogP) is 2.87. The predicted molar refractivity (Wildman–Crippen MR) is 99.6 cm³/mol. The van der Waals surface area contributed by atoms with Gasteiger partial charge in [-0.2, -0.15) is 0 Å². The molecule has 1 saturated heterocycles. The number of nitrogens with zero attached hydrogens (tertiary/aromatic N) is 2. The maximum absolute atomic E-state index is 13.0. The highest BCUT2D eigenvalue weighted by atomic mass is 16.2. The van der Waals surface area contributed by atoms with Gasteiger partial charge in [-0.15, -0.1) is 0 Å². The van der Waals surface area contributed by atoms with Gasteiger partial charge in [0, 0.05) is 31.2 Å². The second-order valence-electron chi connectivity index (χ2n) is 8.73. The molecule has 1 amide bonds. The van der Waals surface area contributed by atoms with Crippen molar-refractivity contribution in [2.45, 2.75) is 59.2 Å². The summed E-state index contributed by atoms with van der Waals surface area (Å²) < 4.78 is 0. The van der Waals surface area contributed by atoms with E-state index < -0.39 is 0 Å². The molecule has 0 spiro atoms. The van der Waals surface area contributed by atoms with Gasteiger partial charge in [-0.05, 0) is 38.2 Å². The molecule has 1 unspecified atom stereocenters. The lowest BCUT2D eigenvalue weighted by Crippen LogP contribution is -2.56. The van der Waals surface area contributed by atoms with Crippen LogP contribution in [-0.4, -0.2) is 46.9 Å². The van der Waals surface area contributed by atoms with Crippen LogP contribution in [0.2, 0.25) is 0 Å². The first-order valence-corrected chi connectivity index (χ1v) is 8.92. The Labute approximate surface area is 147 Å². The molecule has 24 heavy (non-hydrogen) atoms. The van der Waals surface area contributed by atoms with Crippen LogP contribution in [0.5, 0.6) is 0 Å². The number of carbonyl (C=O) groups is 1. The third-order valence-corrected chi connectivity index (χ3v) is 5.04. The molecule has 0 aromatic heterocycles. The monoisotopic (exact) mass is 331 g/mol. The van der Waals surface area contributed by atoms with E-state index in [0.29, 0.717) is 13.1 Å². The zero-order valence-electron chi connectivity index (χ0n) is 15.9. The number of hydrogen-bond donors (Lipinski definition) is 1. The Morgan fingerprint density at radius 3 is 2.46 bits per heavy atom. The van der Waals surface area contributed by atoms with E-state index in [9.17, 15) is 4.79 Å². The van der Waals surface area contributed by atoms with E-state index in [2.05, 4.69) is 51.7 Å². The van der Waals surface area contributed by atoms with Crippen LogP contribution in [0.25, 0.3) is 0 Å². The zero-order chi connectivity index (χ0) is 18.0. The van der Waals surface area contributed by atoms with E-state index in [0.717, 1.165) is 19.5 Å². The molecular weight excluding hydrogens is 298 g/mol. The van der Waals surface area contributed by atoms with Gasteiger partial charge in [0.15, 0.2) is 0 Å². The highest BCUT2D eigenvalue weighted by Gasteiger charge is 2.35. The third kappa shape index (κ3) is 4.81. The summed E-state index contributed by atoms with van der Waals surface area (Å²) in [7, 11) is 0. The Balaban J connectivity index is 2.06. The van der Waals surface area contributed by atoms with Gasteiger partial charge in [-0.25, -0.2) is 0 Å². The maximum atomic E-state index is 13.0. The van der Waals surface area contributed by atoms with Gasteiger partial charge in [0.25, 0.3) is 0 Å². The van der Waals surface area contributed by atoms with E-state index in [-0.39, 0.29) is 22.9 Å². The summed E-state index contributed by atoms with van der Waals surface area (Å²) in [5.74, 6) is 0.192. The molecule has 1 fully saturated rings. The highest BCUT2D eigenvalue weighted by Crippen LogP contribution is 2.28. The van der Waals surface area contributed by atoms with E-state index in [1.807, 2.05) is 23.1 Å². The van der Waals surface area contributed by atoms with Gasteiger partial charge in [0.2, 0.25) is 5.91 Å². The minimum absolute atomic E-state index is 0.0600. The van der Waals surface area contributed by atoms with Gasteiger partial charge in [0.05, 0.1) is 6.54 Å². The molecule has 0 bridgehead atoms. The number of piperidine rings is 1. The van der Waals surface area contributed by atoms with Crippen LogP contribution in [0.1, 0.15) is 46.6 Å². The average molecular weight is 332 g/mol. The van der Waals surface area contributed by atoms with Crippen LogP contribution in [-0.2, 0) is 11.3 Å². The number of nitrogens with two attached hydrogens (primary N) is 1. The molecule has 1 aromatic rings. The van der Waals surface area contributed by atoms with Gasteiger partial charge in [-0.1, -0.05) is 44.2 Å². The molecule has 4 heteroatoms. The van der Waals surface area contributed by atoms with Gasteiger partial charge in [-0.3, -0.25) is 9.69 Å². The van der Waals surface area contributed by atoms with Crippen molar-refractivity contribution in [1.82, 2.24) is 9.80 Å². The lowest BCUT2D eigenvalue weighted by atomic mass is 9.80. The lowest BCUT2D eigenvalue weighted by Gasteiger charge is -2.44. The van der Waals surface area contributed by atoms with Crippen molar-refractivity contribution < 1.29 is 4.79 Å². The minimum Gasteiger partial charge on any atom is -0.332 e. The third-order valence-electron chi connectivity index (χ3n) is 5.04. The second-order valence-corrected chi connectivity index (χ2v) is 8.73. The van der Waals surface area contributed by atoms with Crippen molar-refractivity contribution in [3.63, 3.8) is 0 Å². The summed E-state index contributed by atoms with van der Waals surface area (Å²) in [5.41, 5.74) is 7.24. The molecule has 2 N–H and O–H groups in total. The van der Waals surface area contributed by atoms with Crippen molar-refractivity contribution in [3.05, 3.63) is 35.9 Å². The van der Waals surface area contributed by atoms with Gasteiger partial charge < -0.3 is 10.6 Å². The maximum Gasteiger partial charge on any atom is 0.237 e. The summed E-state index contributed by atoms with van der Waals surface area (Å²) in [4.78, 5) is 17.3. The first-order chi connectivity index (χ1) is 11.1. The minimum atomic E-state index is -0.200. The van der Waals surface area contributed by atoms with Gasteiger partial charge >= 0.3 is 0 Å². The average Bonchev–Trinajstić information content (AvgIpc) is 2.48. The largest absolute Gasteiger partial charge is 0.332 e. The fourth-order valence-corrected chi connectivity index (χ4v) is 3.36. The number of carbonyl (C=O) groups excluding carboxylic acids is 1. The Bertz CT molecular complexity index is 548. The summed E-state index contributed by atoms with van der Waals surface area (Å²) in [6, 6.07) is 10.4. The highest BCUT2D eigenvalue weighted by molar-refractivity contribution is 5.79. The molecule has 0 saturated carbocycles. The first-order valence-electron chi connectivity index (χ1n) is 8.92. The molecule has 1 aliphatic rings. The Hall–Kier alpha value is -1.39. The van der Waals surface area contributed by atoms with E-state index in [1.165, 1.54) is 5.56 Å². The van der Waals surface area contributed by atoms with E-state index >= 15 is 0 Å². The van der Waals surface area contributed by atoms with Crippen molar-refractivity contribution in [3.8, 4) is 0 Å². The normalized spacial score (nSPS) is 21.5. The summed E-state index contributed by atoms with van der Waals surface area (Å²) in [6.07, 6.45) is 0.953. The van der Waals surface area contributed by atoms with Crippen molar-refractivity contribution in [2.24, 2.45) is 11.1 Å². The van der Waals surface area contributed by atoms with Crippen molar-refractivity contribution in [2.75, 3.05) is 19.6 Å². The zero-order valence-corrected chi connectivity index (χ0v) is 15.9. The molecule has 0 aliphatic carbocycles. The summed E-state index contributed by atoms with van der Waals surface area (Å²) in [6.45, 7) is 13.6. The molecule has 1 atom stereocenters. The Morgan fingerprint density at radius 1 is 1.29 bits per heavy atom. The molecule has 4 nitrogen and oxygen atoms in total. The molecule has 134 valence electrons. The van der Waals surface area contributed by atoms with Crippen LogP contribution in [0.3, 0.4) is 0 Å². The second kappa shape index (κ2) is 7.24. The number of rotatable bonds is 4. The molecule has 1 aliphatic heterocycles. The molecule has 0 radical (unpaired) electrons. The van der Waals surface area contributed by atoms with Crippen molar-refractivity contribution in [1.29, 1.82) is 0 Å². The van der Waals surface area contributed by atoms with Crippen LogP contribution >= 0.6 is 0 Å². The van der Waals surface area contributed by atoms with Crippen molar-refractivity contribution >= 4 is 5.91 Å². The van der Waals surface area contributed by atoms with E-state index in [4.69, 9.17) is 5.73 Å². The topological polar surface area (TPSA) is 49.6 Å². The number of benzene rings is 1. The number of amides is 1. The molecule has 2 rings (SSSR count). The lowest BCUT2D eigenvalue weighted by molar-refractivity contribution is -0.138.